The van der Waals surface area contributed by atoms with Crippen molar-refractivity contribution in [2.45, 2.75) is 45.4 Å². The van der Waals surface area contributed by atoms with Gasteiger partial charge in [0, 0.05) is 37.1 Å². The highest BCUT2D eigenvalue weighted by atomic mass is 32.1. The van der Waals surface area contributed by atoms with Crippen LogP contribution in [-0.2, 0) is 29.1 Å². The predicted octanol–water partition coefficient (Wildman–Crippen LogP) is 4.76. The van der Waals surface area contributed by atoms with Gasteiger partial charge in [-0.2, -0.15) is 0 Å². The molecule has 210 valence electrons. The maximum Gasteiger partial charge on any atom is 0.310 e. The van der Waals surface area contributed by atoms with E-state index in [4.69, 9.17) is 19.2 Å². The van der Waals surface area contributed by atoms with E-state index in [1.165, 1.54) is 22.3 Å². The number of benzene rings is 2. The van der Waals surface area contributed by atoms with Gasteiger partial charge in [-0.15, -0.1) is 11.3 Å². The monoisotopic (exact) mass is 561 g/mol. The molecule has 3 aromatic rings. The lowest BCUT2D eigenvalue weighted by molar-refractivity contribution is -0.144. The first-order valence-corrected chi connectivity index (χ1v) is 15.0. The molecule has 2 atom stereocenters. The van der Waals surface area contributed by atoms with Crippen LogP contribution in [-0.4, -0.2) is 67.0 Å². The first kappa shape index (κ1) is 25.8. The molecule has 4 aliphatic rings. The highest BCUT2D eigenvalue weighted by molar-refractivity contribution is 7.14. The number of anilines is 1. The van der Waals surface area contributed by atoms with Gasteiger partial charge in [0.1, 0.15) is 18.1 Å². The Bertz CT molecular complexity index is 1450. The Kier molecular flexibility index (Phi) is 6.48. The first-order chi connectivity index (χ1) is 19.4. The molecule has 1 aromatic heterocycles. The molecule has 3 aliphatic heterocycles. The van der Waals surface area contributed by atoms with Gasteiger partial charge in [-0.05, 0) is 72.6 Å². The van der Waals surface area contributed by atoms with E-state index in [2.05, 4.69) is 34.2 Å². The van der Waals surface area contributed by atoms with Crippen LogP contribution < -0.4 is 14.4 Å². The fourth-order valence-corrected chi connectivity index (χ4v) is 7.49. The lowest BCUT2D eigenvalue weighted by Gasteiger charge is -2.40. The first-order valence-electron chi connectivity index (χ1n) is 14.1. The van der Waals surface area contributed by atoms with Gasteiger partial charge < -0.3 is 24.2 Å². The Morgan fingerprint density at radius 1 is 1.25 bits per heavy atom. The number of fused-ring (bicyclic) bond motifs is 2. The number of rotatable bonds is 8. The molecule has 8 nitrogen and oxygen atoms in total. The molecule has 0 amide bonds. The van der Waals surface area contributed by atoms with E-state index in [0.29, 0.717) is 19.1 Å². The summed E-state index contributed by atoms with van der Waals surface area (Å²) in [4.78, 5) is 21.4. The van der Waals surface area contributed by atoms with Crippen molar-refractivity contribution < 1.29 is 24.1 Å². The van der Waals surface area contributed by atoms with Crippen molar-refractivity contribution in [3.63, 3.8) is 0 Å². The Balaban J connectivity index is 1.08. The summed E-state index contributed by atoms with van der Waals surface area (Å²) < 4.78 is 17.4. The number of carboxylic acid groups (broad SMARTS) is 1. The molecule has 0 radical (unpaired) electrons. The lowest BCUT2D eigenvalue weighted by atomic mass is 9.91. The van der Waals surface area contributed by atoms with Crippen molar-refractivity contribution in [2.24, 2.45) is 11.3 Å². The summed E-state index contributed by atoms with van der Waals surface area (Å²) in [5, 5.41) is 12.6. The van der Waals surface area contributed by atoms with Crippen LogP contribution in [0, 0.1) is 18.3 Å². The number of aliphatic carboxylic acids is 1. The van der Waals surface area contributed by atoms with E-state index in [0.717, 1.165) is 80.1 Å². The van der Waals surface area contributed by atoms with Crippen molar-refractivity contribution in [1.82, 2.24) is 9.88 Å². The molecule has 40 heavy (non-hydrogen) atoms. The Morgan fingerprint density at radius 3 is 2.88 bits per heavy atom. The quantitative estimate of drug-likeness (QED) is 0.421. The van der Waals surface area contributed by atoms with Crippen LogP contribution in [0.2, 0.25) is 0 Å². The van der Waals surface area contributed by atoms with Crippen LogP contribution in [0.4, 0.5) is 5.13 Å². The summed E-state index contributed by atoms with van der Waals surface area (Å²) in [6.45, 7) is 7.97. The smallest absolute Gasteiger partial charge is 0.310 e. The standard InChI is InChI=1S/C31H35N3O5S/c1-19-21(4-3-20-13-33(9-7-25(19)20)23-16-38-17-23)15-39-28-6-5-24(37-2)11-26(28)27-18-40-30(32-27)34-10-8-31(29(35)36)12-22(31)14-34/h3-6,11,18,22-23H,7-10,12-17H2,1-2H3,(H,35,36)/t22-,31+/m0/s1. The number of nitrogens with zero attached hydrogens (tertiary/aromatic N) is 3. The van der Waals surface area contributed by atoms with E-state index in [9.17, 15) is 9.90 Å². The second kappa shape index (κ2) is 10.0. The van der Waals surface area contributed by atoms with E-state index < -0.39 is 11.4 Å². The van der Waals surface area contributed by atoms with E-state index >= 15 is 0 Å². The number of carboxylic acids is 1. The highest BCUT2D eigenvalue weighted by Crippen LogP contribution is 2.58. The number of thiazole rings is 1. The van der Waals surface area contributed by atoms with E-state index in [-0.39, 0.29) is 5.92 Å². The van der Waals surface area contributed by atoms with Crippen molar-refractivity contribution in [1.29, 1.82) is 0 Å². The maximum atomic E-state index is 11.7. The normalized spacial score (nSPS) is 24.1. The molecular weight excluding hydrogens is 526 g/mol. The van der Waals surface area contributed by atoms with Crippen molar-refractivity contribution >= 4 is 22.4 Å². The Morgan fingerprint density at radius 2 is 2.12 bits per heavy atom. The molecule has 9 heteroatoms. The molecule has 4 heterocycles. The molecule has 0 unspecified atom stereocenters. The maximum absolute atomic E-state index is 11.7. The van der Waals surface area contributed by atoms with Gasteiger partial charge >= 0.3 is 5.97 Å². The molecular formula is C31H35N3O5S. The highest BCUT2D eigenvalue weighted by Gasteiger charge is 2.62. The number of methoxy groups -OCH3 is 1. The number of hydrogen-bond donors (Lipinski definition) is 1. The summed E-state index contributed by atoms with van der Waals surface area (Å²) >= 11 is 1.60. The number of hydrogen-bond acceptors (Lipinski definition) is 8. The second-order valence-electron chi connectivity index (χ2n) is 11.6. The van der Waals surface area contributed by atoms with Gasteiger partial charge in [-0.3, -0.25) is 9.69 Å². The fourth-order valence-electron chi connectivity index (χ4n) is 6.62. The molecule has 7 rings (SSSR count). The SMILES string of the molecule is COc1ccc(OCc2ccc3c(c2C)CCN(C2COC2)C3)c(-c2csc(N3CC[C@@]4(C(=O)O)C[C@H]4C3)n2)c1. The average molecular weight is 562 g/mol. The lowest BCUT2D eigenvalue weighted by Crippen LogP contribution is -2.50. The summed E-state index contributed by atoms with van der Waals surface area (Å²) in [6.07, 6.45) is 2.52. The van der Waals surface area contributed by atoms with Crippen LogP contribution in [0.1, 0.15) is 35.1 Å². The zero-order chi connectivity index (χ0) is 27.4. The molecule has 0 spiro atoms. The summed E-state index contributed by atoms with van der Waals surface area (Å²) in [7, 11) is 1.67. The molecule has 1 aliphatic carbocycles. The van der Waals surface area contributed by atoms with Crippen molar-refractivity contribution in [3.8, 4) is 22.8 Å². The fraction of sp³-hybridized carbons (Fsp3) is 0.484. The van der Waals surface area contributed by atoms with Gasteiger partial charge in [0.2, 0.25) is 0 Å². The second-order valence-corrected chi connectivity index (χ2v) is 12.5. The van der Waals surface area contributed by atoms with Crippen LogP contribution >= 0.6 is 11.3 Å². The molecule has 1 N–H and O–H groups in total. The van der Waals surface area contributed by atoms with Crippen molar-refractivity contribution in [2.75, 3.05) is 44.9 Å². The number of aromatic nitrogens is 1. The summed E-state index contributed by atoms with van der Waals surface area (Å²) in [5.41, 5.74) is 6.67. The third-order valence-corrected chi connectivity index (χ3v) is 10.4. The van der Waals surface area contributed by atoms with Crippen LogP contribution in [0.15, 0.2) is 35.7 Å². The van der Waals surface area contributed by atoms with Crippen molar-refractivity contribution in [3.05, 3.63) is 58.0 Å². The molecule has 3 fully saturated rings. The topological polar surface area (TPSA) is 84.4 Å². The molecule has 2 aromatic carbocycles. The van der Waals surface area contributed by atoms with Gasteiger partial charge in [0.05, 0.1) is 37.5 Å². The van der Waals surface area contributed by atoms with Gasteiger partial charge in [-0.25, -0.2) is 4.98 Å². The van der Waals surface area contributed by atoms with Gasteiger partial charge in [-0.1, -0.05) is 12.1 Å². The average Bonchev–Trinajstić information content (AvgIpc) is 3.49. The number of piperidine rings is 1. The minimum atomic E-state index is -0.643. The zero-order valence-electron chi connectivity index (χ0n) is 23.0. The molecule has 0 bridgehead atoms. The third kappa shape index (κ3) is 4.44. The van der Waals surface area contributed by atoms with Crippen LogP contribution in [0.3, 0.4) is 0 Å². The van der Waals surface area contributed by atoms with Crippen LogP contribution in [0.25, 0.3) is 11.3 Å². The number of carbonyl (C=O) groups is 1. The largest absolute Gasteiger partial charge is 0.497 e. The van der Waals surface area contributed by atoms with Gasteiger partial charge in [0.15, 0.2) is 5.13 Å². The molecule has 2 saturated heterocycles. The summed E-state index contributed by atoms with van der Waals surface area (Å²) in [6, 6.07) is 10.9. The zero-order valence-corrected chi connectivity index (χ0v) is 23.8. The minimum Gasteiger partial charge on any atom is -0.497 e. The minimum absolute atomic E-state index is 0.219. The van der Waals surface area contributed by atoms with E-state index in [1.807, 2.05) is 18.2 Å². The van der Waals surface area contributed by atoms with Crippen LogP contribution in [0.5, 0.6) is 11.5 Å². The Hall–Kier alpha value is -3.14. The summed E-state index contributed by atoms with van der Waals surface area (Å²) in [5.74, 6) is 1.11. The molecule has 1 saturated carbocycles. The predicted molar refractivity (Wildman–Crippen MR) is 153 cm³/mol. The van der Waals surface area contributed by atoms with E-state index in [1.54, 1.807) is 18.4 Å². The Labute approximate surface area is 238 Å². The van der Waals surface area contributed by atoms with Gasteiger partial charge in [0.25, 0.3) is 0 Å². The number of ether oxygens (including phenoxy) is 3. The third-order valence-electron chi connectivity index (χ3n) is 9.50.